The molecule has 94 valence electrons. The maximum absolute atomic E-state index is 10.5. The summed E-state index contributed by atoms with van der Waals surface area (Å²) in [5, 5.41) is 17.1. The number of hydrogen-bond donors (Lipinski definition) is 2. The molecule has 0 unspecified atom stereocenters. The van der Waals surface area contributed by atoms with E-state index in [1.54, 1.807) is 0 Å². The van der Waals surface area contributed by atoms with Gasteiger partial charge in [-0.05, 0) is 12.1 Å². The SMILES string of the molecule is O=C(O)c1ccccc1C(=O)O.[CH2-]CCCC.[K+]. The Kier molecular flexibility index (Phi) is 13.3. The van der Waals surface area contributed by atoms with E-state index in [1.165, 1.54) is 37.1 Å². The van der Waals surface area contributed by atoms with E-state index in [0.29, 0.717) is 0 Å². The standard InChI is InChI=1S/C8H6O4.C5H11.K/c9-7(10)5-3-1-2-4-6(5)8(11)12;1-3-5-4-2;/h1-4H,(H,9,10)(H,11,12);1,3-5H2,2H3;/q;-1;+1. The molecule has 5 heteroatoms. The van der Waals surface area contributed by atoms with Gasteiger partial charge in [0.15, 0.2) is 0 Å². The van der Waals surface area contributed by atoms with Gasteiger partial charge in [-0.15, -0.1) is 0 Å². The summed E-state index contributed by atoms with van der Waals surface area (Å²) in [7, 11) is 0. The molecule has 0 aromatic heterocycles. The normalized spacial score (nSPS) is 8.56. The molecule has 0 amide bonds. The summed E-state index contributed by atoms with van der Waals surface area (Å²) in [4.78, 5) is 20.9. The van der Waals surface area contributed by atoms with Gasteiger partial charge in [0.2, 0.25) is 0 Å². The average Bonchev–Trinajstić information content (AvgIpc) is 2.30. The molecule has 0 aliphatic heterocycles. The predicted octanol–water partition coefficient (Wildman–Crippen LogP) is 0.0977. The predicted molar refractivity (Wildman–Crippen MR) is 65.2 cm³/mol. The van der Waals surface area contributed by atoms with Gasteiger partial charge in [0.1, 0.15) is 0 Å². The Morgan fingerprint density at radius 2 is 1.50 bits per heavy atom. The second kappa shape index (κ2) is 11.9. The fourth-order valence-electron chi connectivity index (χ4n) is 1.11. The number of hydrogen-bond acceptors (Lipinski definition) is 2. The second-order valence-electron chi connectivity index (χ2n) is 3.36. The third kappa shape index (κ3) is 8.00. The molecule has 0 atom stereocenters. The van der Waals surface area contributed by atoms with Crippen LogP contribution in [-0.4, -0.2) is 22.2 Å². The zero-order chi connectivity index (χ0) is 13.3. The smallest absolute Gasteiger partial charge is 0.478 e. The first kappa shape index (κ1) is 20.1. The molecule has 0 aliphatic carbocycles. The van der Waals surface area contributed by atoms with Crippen molar-refractivity contribution in [2.45, 2.75) is 26.2 Å². The summed E-state index contributed by atoms with van der Waals surface area (Å²) >= 11 is 0. The van der Waals surface area contributed by atoms with Crippen molar-refractivity contribution < 1.29 is 71.2 Å². The van der Waals surface area contributed by atoms with Crippen LogP contribution in [0.3, 0.4) is 0 Å². The van der Waals surface area contributed by atoms with Gasteiger partial charge in [-0.2, -0.15) is 6.42 Å². The van der Waals surface area contributed by atoms with Crippen molar-refractivity contribution in [3.63, 3.8) is 0 Å². The molecule has 1 aromatic rings. The van der Waals surface area contributed by atoms with Crippen LogP contribution < -0.4 is 51.4 Å². The van der Waals surface area contributed by atoms with Crippen LogP contribution in [0.1, 0.15) is 46.9 Å². The Hall–Kier alpha value is -0.204. The van der Waals surface area contributed by atoms with Gasteiger partial charge in [0.25, 0.3) is 0 Å². The monoisotopic (exact) mass is 276 g/mol. The van der Waals surface area contributed by atoms with Gasteiger partial charge in [0.05, 0.1) is 11.1 Å². The fraction of sp³-hybridized carbons (Fsp3) is 0.308. The molecule has 0 heterocycles. The summed E-state index contributed by atoms with van der Waals surface area (Å²) in [6.45, 7) is 5.85. The Labute approximate surface area is 150 Å². The van der Waals surface area contributed by atoms with Crippen LogP contribution in [0, 0.1) is 6.92 Å². The Bertz CT molecular complexity index is 342. The number of rotatable bonds is 4. The molecule has 0 bridgehead atoms. The quantitative estimate of drug-likeness (QED) is 0.604. The van der Waals surface area contributed by atoms with E-state index in [0.717, 1.165) is 6.42 Å². The van der Waals surface area contributed by atoms with Gasteiger partial charge in [0, 0.05) is 0 Å². The Balaban J connectivity index is 0. The van der Waals surface area contributed by atoms with Crippen LogP contribution >= 0.6 is 0 Å². The van der Waals surface area contributed by atoms with Gasteiger partial charge in [-0.1, -0.05) is 31.9 Å². The molecule has 18 heavy (non-hydrogen) atoms. The number of carboxylic acids is 2. The average molecular weight is 276 g/mol. The molecular formula is C13H17KO4. The van der Waals surface area contributed by atoms with Crippen LogP contribution in [0.15, 0.2) is 24.3 Å². The molecule has 0 spiro atoms. The van der Waals surface area contributed by atoms with E-state index >= 15 is 0 Å². The fourth-order valence-corrected chi connectivity index (χ4v) is 1.11. The van der Waals surface area contributed by atoms with Crippen LogP contribution in [0.4, 0.5) is 0 Å². The maximum atomic E-state index is 10.5. The molecule has 4 nitrogen and oxygen atoms in total. The third-order valence-electron chi connectivity index (χ3n) is 1.99. The van der Waals surface area contributed by atoms with E-state index in [2.05, 4.69) is 13.8 Å². The van der Waals surface area contributed by atoms with Crippen molar-refractivity contribution >= 4 is 11.9 Å². The Morgan fingerprint density at radius 3 is 1.67 bits per heavy atom. The van der Waals surface area contributed by atoms with Crippen molar-refractivity contribution in [2.75, 3.05) is 0 Å². The maximum Gasteiger partial charge on any atom is 1.00 e. The summed E-state index contributed by atoms with van der Waals surface area (Å²) in [5.41, 5.74) is -0.380. The number of carboxylic acid groups (broad SMARTS) is 2. The molecule has 0 saturated carbocycles. The van der Waals surface area contributed by atoms with Gasteiger partial charge in [-0.3, -0.25) is 0 Å². The molecule has 0 fully saturated rings. The van der Waals surface area contributed by atoms with Crippen molar-refractivity contribution in [1.82, 2.24) is 0 Å². The van der Waals surface area contributed by atoms with Crippen molar-refractivity contribution in [1.29, 1.82) is 0 Å². The number of unbranched alkanes of at least 4 members (excludes halogenated alkanes) is 2. The van der Waals surface area contributed by atoms with E-state index < -0.39 is 11.9 Å². The van der Waals surface area contributed by atoms with E-state index in [-0.39, 0.29) is 62.5 Å². The van der Waals surface area contributed by atoms with Crippen LogP contribution in [-0.2, 0) is 0 Å². The molecule has 0 radical (unpaired) electrons. The van der Waals surface area contributed by atoms with E-state index in [9.17, 15) is 9.59 Å². The number of aromatic carboxylic acids is 2. The summed E-state index contributed by atoms with van der Waals surface area (Å²) in [5.74, 6) is -2.46. The Morgan fingerprint density at radius 1 is 1.11 bits per heavy atom. The second-order valence-corrected chi connectivity index (χ2v) is 3.36. The molecule has 2 N–H and O–H groups in total. The van der Waals surface area contributed by atoms with Gasteiger partial charge >= 0.3 is 63.3 Å². The van der Waals surface area contributed by atoms with E-state index in [1.807, 2.05) is 0 Å². The first-order valence-electron chi connectivity index (χ1n) is 5.39. The van der Waals surface area contributed by atoms with Gasteiger partial charge in [-0.25, -0.2) is 9.59 Å². The van der Waals surface area contributed by atoms with Crippen molar-refractivity contribution in [3.05, 3.63) is 42.3 Å². The van der Waals surface area contributed by atoms with Crippen LogP contribution in [0.5, 0.6) is 0 Å². The number of carbonyl (C=O) groups is 2. The zero-order valence-corrected chi connectivity index (χ0v) is 14.0. The minimum absolute atomic E-state index is 0. The topological polar surface area (TPSA) is 74.6 Å². The zero-order valence-electron chi connectivity index (χ0n) is 10.8. The van der Waals surface area contributed by atoms with Crippen molar-refractivity contribution in [2.24, 2.45) is 0 Å². The molecule has 0 aliphatic rings. The van der Waals surface area contributed by atoms with Crippen LogP contribution in [0.25, 0.3) is 0 Å². The third-order valence-corrected chi connectivity index (χ3v) is 1.99. The first-order valence-corrected chi connectivity index (χ1v) is 5.39. The van der Waals surface area contributed by atoms with Crippen LogP contribution in [0.2, 0.25) is 0 Å². The number of benzene rings is 1. The molecular weight excluding hydrogens is 259 g/mol. The van der Waals surface area contributed by atoms with Crippen molar-refractivity contribution in [3.8, 4) is 0 Å². The summed E-state index contributed by atoms with van der Waals surface area (Å²) in [6, 6.07) is 5.48. The molecule has 0 saturated heterocycles. The minimum atomic E-state index is -1.23. The molecule has 1 aromatic carbocycles. The largest absolute Gasteiger partial charge is 1.00 e. The first-order chi connectivity index (χ1) is 8.04. The molecule has 1 rings (SSSR count). The minimum Gasteiger partial charge on any atom is -0.478 e. The summed E-state index contributed by atoms with van der Waals surface area (Å²) < 4.78 is 0. The van der Waals surface area contributed by atoms with Gasteiger partial charge < -0.3 is 17.1 Å². The van der Waals surface area contributed by atoms with E-state index in [4.69, 9.17) is 10.2 Å². The summed E-state index contributed by atoms with van der Waals surface area (Å²) in [6.07, 6.45) is 3.65.